The maximum atomic E-state index is 11.6. The molecular weight excluding hydrogens is 206 g/mol. The van der Waals surface area contributed by atoms with E-state index in [0.29, 0.717) is 18.9 Å². The number of β-amino-alcohol motifs (C(OH)–C–C–N with tert-alkyl or cyclic N) is 1. The number of methoxy groups -OCH3 is 1. The highest BCUT2D eigenvalue weighted by Gasteiger charge is 2.37. The van der Waals surface area contributed by atoms with E-state index in [1.807, 2.05) is 0 Å². The summed E-state index contributed by atoms with van der Waals surface area (Å²) in [4.78, 5) is 13.7. The van der Waals surface area contributed by atoms with Crippen LogP contribution in [0.3, 0.4) is 0 Å². The van der Waals surface area contributed by atoms with Crippen molar-refractivity contribution in [1.82, 2.24) is 4.90 Å². The molecule has 0 aromatic rings. The van der Waals surface area contributed by atoms with Crippen molar-refractivity contribution in [3.05, 3.63) is 0 Å². The number of carbonyl (C=O) groups is 1. The van der Waals surface area contributed by atoms with Crippen LogP contribution in [-0.2, 0) is 9.53 Å². The lowest BCUT2D eigenvalue weighted by molar-refractivity contribution is -0.146. The van der Waals surface area contributed by atoms with Gasteiger partial charge in [-0.25, -0.2) is 0 Å². The molecule has 0 aromatic carbocycles. The first-order valence-corrected chi connectivity index (χ1v) is 6.20. The van der Waals surface area contributed by atoms with Crippen molar-refractivity contribution in [2.45, 2.75) is 44.2 Å². The van der Waals surface area contributed by atoms with E-state index in [2.05, 4.69) is 4.90 Å². The summed E-state index contributed by atoms with van der Waals surface area (Å²) in [6, 6.07) is -0.222. The predicted molar refractivity (Wildman–Crippen MR) is 60.0 cm³/mol. The second kappa shape index (κ2) is 5.15. The number of carbonyl (C=O) groups excluding carboxylic acids is 1. The number of esters is 1. The Morgan fingerprint density at radius 3 is 2.75 bits per heavy atom. The first-order chi connectivity index (χ1) is 7.70. The maximum Gasteiger partial charge on any atom is 0.323 e. The fourth-order valence-electron chi connectivity index (χ4n) is 2.99. The highest BCUT2D eigenvalue weighted by molar-refractivity contribution is 5.76. The number of hydrogen-bond acceptors (Lipinski definition) is 4. The van der Waals surface area contributed by atoms with Crippen LogP contribution in [-0.4, -0.2) is 48.3 Å². The second-order valence-corrected chi connectivity index (χ2v) is 5.03. The Bertz CT molecular complexity index is 251. The SMILES string of the molecule is COC(=O)C1CC(O)CN1CC1CCCC1. The van der Waals surface area contributed by atoms with Gasteiger partial charge in [0.2, 0.25) is 0 Å². The Kier molecular flexibility index (Phi) is 3.82. The van der Waals surface area contributed by atoms with Crippen LogP contribution in [0, 0.1) is 5.92 Å². The zero-order chi connectivity index (χ0) is 11.5. The van der Waals surface area contributed by atoms with Gasteiger partial charge in [-0.05, 0) is 18.8 Å². The van der Waals surface area contributed by atoms with Gasteiger partial charge in [-0.3, -0.25) is 9.69 Å². The van der Waals surface area contributed by atoms with Crippen molar-refractivity contribution in [3.63, 3.8) is 0 Å². The fraction of sp³-hybridized carbons (Fsp3) is 0.917. The molecule has 1 N–H and O–H groups in total. The first-order valence-electron chi connectivity index (χ1n) is 6.20. The highest BCUT2D eigenvalue weighted by Crippen LogP contribution is 2.28. The molecule has 2 rings (SSSR count). The van der Waals surface area contributed by atoms with Gasteiger partial charge in [0.05, 0.1) is 13.2 Å². The van der Waals surface area contributed by atoms with E-state index in [9.17, 15) is 9.90 Å². The van der Waals surface area contributed by atoms with Crippen LogP contribution < -0.4 is 0 Å². The number of aliphatic hydroxyl groups is 1. The van der Waals surface area contributed by atoms with Gasteiger partial charge in [-0.1, -0.05) is 12.8 Å². The lowest BCUT2D eigenvalue weighted by atomic mass is 10.1. The van der Waals surface area contributed by atoms with E-state index in [0.717, 1.165) is 6.54 Å². The van der Waals surface area contributed by atoms with Crippen molar-refractivity contribution < 1.29 is 14.6 Å². The molecule has 92 valence electrons. The van der Waals surface area contributed by atoms with E-state index in [-0.39, 0.29) is 18.1 Å². The summed E-state index contributed by atoms with van der Waals surface area (Å²) in [5.74, 6) is 0.506. The molecule has 2 atom stereocenters. The van der Waals surface area contributed by atoms with E-state index in [1.165, 1.54) is 32.8 Å². The smallest absolute Gasteiger partial charge is 0.323 e. The summed E-state index contributed by atoms with van der Waals surface area (Å²) in [5, 5.41) is 9.64. The van der Waals surface area contributed by atoms with Gasteiger partial charge in [-0.15, -0.1) is 0 Å². The Hall–Kier alpha value is -0.610. The fourth-order valence-corrected chi connectivity index (χ4v) is 2.99. The molecule has 4 nitrogen and oxygen atoms in total. The molecule has 2 fully saturated rings. The van der Waals surface area contributed by atoms with Gasteiger partial charge < -0.3 is 9.84 Å². The maximum absolute atomic E-state index is 11.6. The van der Waals surface area contributed by atoms with Crippen molar-refractivity contribution in [3.8, 4) is 0 Å². The summed E-state index contributed by atoms with van der Waals surface area (Å²) < 4.78 is 4.79. The second-order valence-electron chi connectivity index (χ2n) is 5.03. The minimum Gasteiger partial charge on any atom is -0.468 e. The molecule has 0 bridgehead atoms. The van der Waals surface area contributed by atoms with Crippen LogP contribution in [0.1, 0.15) is 32.1 Å². The largest absolute Gasteiger partial charge is 0.468 e. The Morgan fingerprint density at radius 2 is 2.12 bits per heavy atom. The van der Waals surface area contributed by atoms with Crippen molar-refractivity contribution in [1.29, 1.82) is 0 Å². The van der Waals surface area contributed by atoms with Crippen LogP contribution in [0.5, 0.6) is 0 Å². The average Bonchev–Trinajstić information content (AvgIpc) is 2.88. The van der Waals surface area contributed by atoms with Gasteiger partial charge >= 0.3 is 5.97 Å². The topological polar surface area (TPSA) is 49.8 Å². The number of rotatable bonds is 3. The molecule has 2 unspecified atom stereocenters. The summed E-state index contributed by atoms with van der Waals surface area (Å²) in [6.07, 6.45) is 5.30. The minimum atomic E-state index is -0.370. The van der Waals surface area contributed by atoms with Gasteiger partial charge in [0, 0.05) is 19.5 Å². The lowest BCUT2D eigenvalue weighted by Crippen LogP contribution is -2.39. The Balaban J connectivity index is 1.92. The van der Waals surface area contributed by atoms with Crippen LogP contribution in [0.2, 0.25) is 0 Å². The molecule has 1 saturated heterocycles. The van der Waals surface area contributed by atoms with E-state index in [1.54, 1.807) is 0 Å². The monoisotopic (exact) mass is 227 g/mol. The number of hydrogen-bond donors (Lipinski definition) is 1. The Morgan fingerprint density at radius 1 is 1.44 bits per heavy atom. The van der Waals surface area contributed by atoms with Crippen molar-refractivity contribution in [2.24, 2.45) is 5.92 Å². The normalized spacial score (nSPS) is 32.1. The van der Waals surface area contributed by atoms with E-state index < -0.39 is 0 Å². The van der Waals surface area contributed by atoms with Crippen molar-refractivity contribution in [2.75, 3.05) is 20.2 Å². The summed E-state index contributed by atoms with van der Waals surface area (Å²) >= 11 is 0. The summed E-state index contributed by atoms with van der Waals surface area (Å²) in [7, 11) is 1.42. The molecule has 4 heteroatoms. The highest BCUT2D eigenvalue weighted by atomic mass is 16.5. The summed E-state index contributed by atoms with van der Waals surface area (Å²) in [5.41, 5.74) is 0. The van der Waals surface area contributed by atoms with E-state index >= 15 is 0 Å². The first kappa shape index (κ1) is 11.9. The van der Waals surface area contributed by atoms with Crippen LogP contribution in [0.25, 0.3) is 0 Å². The number of ether oxygens (including phenoxy) is 1. The number of nitrogens with zero attached hydrogens (tertiary/aromatic N) is 1. The van der Waals surface area contributed by atoms with Gasteiger partial charge in [0.15, 0.2) is 0 Å². The van der Waals surface area contributed by atoms with Gasteiger partial charge in [-0.2, -0.15) is 0 Å². The van der Waals surface area contributed by atoms with Crippen LogP contribution in [0.4, 0.5) is 0 Å². The van der Waals surface area contributed by atoms with Crippen LogP contribution >= 0.6 is 0 Å². The van der Waals surface area contributed by atoms with E-state index in [4.69, 9.17) is 4.74 Å². The molecule has 0 spiro atoms. The minimum absolute atomic E-state index is 0.199. The van der Waals surface area contributed by atoms with Gasteiger partial charge in [0.25, 0.3) is 0 Å². The quantitative estimate of drug-likeness (QED) is 0.724. The molecule has 1 heterocycles. The third-order valence-corrected chi connectivity index (χ3v) is 3.82. The van der Waals surface area contributed by atoms with Gasteiger partial charge in [0.1, 0.15) is 6.04 Å². The average molecular weight is 227 g/mol. The van der Waals surface area contributed by atoms with Crippen LogP contribution in [0.15, 0.2) is 0 Å². The zero-order valence-electron chi connectivity index (χ0n) is 9.89. The predicted octanol–water partition coefficient (Wildman–Crippen LogP) is 0.785. The molecule has 2 aliphatic rings. The number of likely N-dealkylation sites (tertiary alicyclic amines) is 1. The third-order valence-electron chi connectivity index (χ3n) is 3.82. The standard InChI is InChI=1S/C12H21NO3/c1-16-12(15)11-6-10(14)8-13(11)7-9-4-2-3-5-9/h9-11,14H,2-8H2,1H3. The molecule has 1 saturated carbocycles. The zero-order valence-corrected chi connectivity index (χ0v) is 9.89. The summed E-state index contributed by atoms with van der Waals surface area (Å²) in [6.45, 7) is 1.56. The molecule has 0 radical (unpaired) electrons. The molecule has 0 aromatic heterocycles. The molecule has 0 amide bonds. The molecule has 1 aliphatic carbocycles. The third kappa shape index (κ3) is 2.55. The molecule has 16 heavy (non-hydrogen) atoms. The number of aliphatic hydroxyl groups excluding tert-OH is 1. The molecule has 1 aliphatic heterocycles. The molecular formula is C12H21NO3. The Labute approximate surface area is 96.6 Å². The van der Waals surface area contributed by atoms with Crippen molar-refractivity contribution >= 4 is 5.97 Å². The lowest BCUT2D eigenvalue weighted by Gasteiger charge is -2.24.